The average molecular weight is 274 g/mol. The van der Waals surface area contributed by atoms with Gasteiger partial charge < -0.3 is 10.2 Å². The van der Waals surface area contributed by atoms with E-state index in [-0.39, 0.29) is 5.91 Å². The highest BCUT2D eigenvalue weighted by Crippen LogP contribution is 2.20. The third kappa shape index (κ3) is 3.87. The molecule has 1 aliphatic rings. The van der Waals surface area contributed by atoms with Gasteiger partial charge in [0.1, 0.15) is 5.69 Å². The van der Waals surface area contributed by atoms with Crippen molar-refractivity contribution in [3.05, 3.63) is 36.4 Å². The molecule has 1 atom stereocenters. The zero-order valence-electron chi connectivity index (χ0n) is 12.0. The van der Waals surface area contributed by atoms with Crippen LogP contribution in [0, 0.1) is 5.92 Å². The Labute approximate surface area is 120 Å². The molecule has 1 amide bonds. The van der Waals surface area contributed by atoms with Gasteiger partial charge in [0.05, 0.1) is 5.69 Å². The topological polar surface area (TPSA) is 58.1 Å². The number of amides is 1. The number of nitrogens with zero attached hydrogens (tertiary/aromatic N) is 3. The average Bonchev–Trinajstić information content (AvgIpc) is 2.45. The molecule has 0 saturated carbocycles. The van der Waals surface area contributed by atoms with E-state index >= 15 is 0 Å². The summed E-state index contributed by atoms with van der Waals surface area (Å²) in [5.74, 6) is 0.383. The molecule has 108 valence electrons. The van der Waals surface area contributed by atoms with E-state index in [9.17, 15) is 4.79 Å². The van der Waals surface area contributed by atoms with Crippen molar-refractivity contribution in [1.82, 2.24) is 20.2 Å². The van der Waals surface area contributed by atoms with Crippen molar-refractivity contribution in [3.8, 4) is 0 Å². The predicted octanol–water partition coefficient (Wildman–Crippen LogP) is 1.28. The number of rotatable bonds is 5. The monoisotopic (exact) mass is 274 g/mol. The summed E-state index contributed by atoms with van der Waals surface area (Å²) >= 11 is 0. The maximum atomic E-state index is 12.1. The van der Waals surface area contributed by atoms with E-state index in [0.717, 1.165) is 25.2 Å². The SMILES string of the molecule is C=CCNC(=O)c1nccnc1C[C@@H]1CCCN(C)C1. The van der Waals surface area contributed by atoms with Crippen LogP contribution in [0.3, 0.4) is 0 Å². The van der Waals surface area contributed by atoms with Gasteiger partial charge in [-0.3, -0.25) is 9.78 Å². The van der Waals surface area contributed by atoms with Crippen molar-refractivity contribution in [2.75, 3.05) is 26.7 Å². The molecule has 1 saturated heterocycles. The number of nitrogens with one attached hydrogen (secondary N) is 1. The first-order valence-electron chi connectivity index (χ1n) is 7.08. The van der Waals surface area contributed by atoms with E-state index in [4.69, 9.17) is 0 Å². The van der Waals surface area contributed by atoms with Gasteiger partial charge in [0.15, 0.2) is 0 Å². The zero-order valence-corrected chi connectivity index (χ0v) is 12.0. The minimum Gasteiger partial charge on any atom is -0.347 e. The summed E-state index contributed by atoms with van der Waals surface area (Å²) < 4.78 is 0. The second-order valence-electron chi connectivity index (χ2n) is 5.32. The molecular weight excluding hydrogens is 252 g/mol. The van der Waals surface area contributed by atoms with Crippen LogP contribution in [-0.4, -0.2) is 47.5 Å². The number of hydrogen-bond acceptors (Lipinski definition) is 4. The van der Waals surface area contributed by atoms with Gasteiger partial charge in [0.25, 0.3) is 5.91 Å². The molecular formula is C15H22N4O. The number of piperidine rings is 1. The number of likely N-dealkylation sites (tertiary alicyclic amines) is 1. The fourth-order valence-electron chi connectivity index (χ4n) is 2.67. The lowest BCUT2D eigenvalue weighted by Gasteiger charge is -2.29. The molecule has 0 aromatic carbocycles. The van der Waals surface area contributed by atoms with Crippen molar-refractivity contribution in [2.45, 2.75) is 19.3 Å². The summed E-state index contributed by atoms with van der Waals surface area (Å²) in [5, 5.41) is 2.77. The van der Waals surface area contributed by atoms with Crippen LogP contribution in [0.4, 0.5) is 0 Å². The number of hydrogen-bond donors (Lipinski definition) is 1. The van der Waals surface area contributed by atoms with Gasteiger partial charge in [-0.25, -0.2) is 4.98 Å². The van der Waals surface area contributed by atoms with Crippen LogP contribution in [0.15, 0.2) is 25.0 Å². The van der Waals surface area contributed by atoms with Crippen LogP contribution in [0.5, 0.6) is 0 Å². The van der Waals surface area contributed by atoms with E-state index in [2.05, 4.69) is 33.8 Å². The Bertz CT molecular complexity index is 475. The Balaban J connectivity index is 2.07. The van der Waals surface area contributed by atoms with Gasteiger partial charge in [-0.05, 0) is 38.8 Å². The molecule has 2 rings (SSSR count). The first-order valence-corrected chi connectivity index (χ1v) is 7.08. The van der Waals surface area contributed by atoms with Gasteiger partial charge in [-0.2, -0.15) is 0 Å². The molecule has 0 spiro atoms. The van der Waals surface area contributed by atoms with E-state index in [0.29, 0.717) is 18.2 Å². The summed E-state index contributed by atoms with van der Waals surface area (Å²) in [4.78, 5) is 22.9. The van der Waals surface area contributed by atoms with Gasteiger partial charge in [0.2, 0.25) is 0 Å². The van der Waals surface area contributed by atoms with Crippen LogP contribution in [0.25, 0.3) is 0 Å². The number of carbonyl (C=O) groups is 1. The maximum Gasteiger partial charge on any atom is 0.272 e. The second-order valence-corrected chi connectivity index (χ2v) is 5.32. The van der Waals surface area contributed by atoms with Crippen LogP contribution in [0.2, 0.25) is 0 Å². The number of carbonyl (C=O) groups excluding carboxylic acids is 1. The van der Waals surface area contributed by atoms with Crippen molar-refractivity contribution < 1.29 is 4.79 Å². The summed E-state index contributed by atoms with van der Waals surface area (Å²) in [6.07, 6.45) is 8.10. The van der Waals surface area contributed by atoms with Gasteiger partial charge in [-0.1, -0.05) is 6.08 Å². The lowest BCUT2D eigenvalue weighted by Crippen LogP contribution is -2.34. The van der Waals surface area contributed by atoms with Crippen LogP contribution in [0.1, 0.15) is 29.0 Å². The third-order valence-corrected chi connectivity index (χ3v) is 3.60. The Hall–Kier alpha value is -1.75. The Morgan fingerprint density at radius 1 is 1.55 bits per heavy atom. The first-order chi connectivity index (χ1) is 9.70. The molecule has 1 fully saturated rings. The molecule has 1 aromatic rings. The lowest BCUT2D eigenvalue weighted by atomic mass is 9.93. The summed E-state index contributed by atoms with van der Waals surface area (Å²) in [7, 11) is 2.14. The van der Waals surface area contributed by atoms with Crippen molar-refractivity contribution in [2.24, 2.45) is 5.92 Å². The molecule has 0 aliphatic carbocycles. The molecule has 2 heterocycles. The summed E-state index contributed by atoms with van der Waals surface area (Å²) in [6, 6.07) is 0. The largest absolute Gasteiger partial charge is 0.347 e. The molecule has 1 aromatic heterocycles. The van der Waals surface area contributed by atoms with Gasteiger partial charge in [0, 0.05) is 25.5 Å². The zero-order chi connectivity index (χ0) is 14.4. The van der Waals surface area contributed by atoms with Crippen molar-refractivity contribution >= 4 is 5.91 Å². The van der Waals surface area contributed by atoms with Crippen LogP contribution >= 0.6 is 0 Å². The molecule has 1 aliphatic heterocycles. The summed E-state index contributed by atoms with van der Waals surface area (Å²) in [6.45, 7) is 6.26. The van der Waals surface area contributed by atoms with E-state index < -0.39 is 0 Å². The summed E-state index contributed by atoms with van der Waals surface area (Å²) in [5.41, 5.74) is 1.25. The Morgan fingerprint density at radius 3 is 3.10 bits per heavy atom. The lowest BCUT2D eigenvalue weighted by molar-refractivity contribution is 0.0950. The smallest absolute Gasteiger partial charge is 0.272 e. The molecule has 20 heavy (non-hydrogen) atoms. The predicted molar refractivity (Wildman–Crippen MR) is 78.5 cm³/mol. The van der Waals surface area contributed by atoms with E-state index in [1.54, 1.807) is 18.5 Å². The molecule has 5 heteroatoms. The molecule has 0 bridgehead atoms. The second kappa shape index (κ2) is 7.14. The van der Waals surface area contributed by atoms with Gasteiger partial charge in [-0.15, -0.1) is 6.58 Å². The first kappa shape index (κ1) is 14.7. The van der Waals surface area contributed by atoms with Crippen LogP contribution in [-0.2, 0) is 6.42 Å². The quantitative estimate of drug-likeness (QED) is 0.822. The van der Waals surface area contributed by atoms with Crippen molar-refractivity contribution in [3.63, 3.8) is 0 Å². The minimum absolute atomic E-state index is 0.169. The Kier molecular flexibility index (Phi) is 5.24. The normalized spacial score (nSPS) is 19.6. The number of aromatic nitrogens is 2. The highest BCUT2D eigenvalue weighted by Gasteiger charge is 2.21. The third-order valence-electron chi connectivity index (χ3n) is 3.60. The highest BCUT2D eigenvalue weighted by molar-refractivity contribution is 5.93. The molecule has 1 N–H and O–H groups in total. The minimum atomic E-state index is -0.169. The van der Waals surface area contributed by atoms with E-state index in [1.807, 2.05) is 0 Å². The van der Waals surface area contributed by atoms with Gasteiger partial charge >= 0.3 is 0 Å². The molecule has 0 radical (unpaired) electrons. The molecule has 0 unspecified atom stereocenters. The fraction of sp³-hybridized carbons (Fsp3) is 0.533. The fourth-order valence-corrected chi connectivity index (χ4v) is 2.67. The Morgan fingerprint density at radius 2 is 2.35 bits per heavy atom. The molecule has 5 nitrogen and oxygen atoms in total. The van der Waals surface area contributed by atoms with E-state index in [1.165, 1.54) is 12.8 Å². The highest BCUT2D eigenvalue weighted by atomic mass is 16.1. The standard InChI is InChI=1S/C15H22N4O/c1-3-6-18-15(20)14-13(16-7-8-17-14)10-12-5-4-9-19(2)11-12/h3,7-8,12H,1,4-6,9-11H2,2H3,(H,18,20)/t12-/m0/s1. The van der Waals surface area contributed by atoms with Crippen LogP contribution < -0.4 is 5.32 Å². The van der Waals surface area contributed by atoms with Crippen molar-refractivity contribution in [1.29, 1.82) is 0 Å². The maximum absolute atomic E-state index is 12.1.